The molecule has 50 valence electrons. The Labute approximate surface area is 56.1 Å². The minimum absolute atomic E-state index is 1.18. The molecule has 0 saturated heterocycles. The minimum atomic E-state index is 1.18. The fraction of sp³-hybridized carbons (Fsp3) is 0.500. The summed E-state index contributed by atoms with van der Waals surface area (Å²) in [4.78, 5) is 3.21. The van der Waals surface area contributed by atoms with Gasteiger partial charge >= 0.3 is 0 Å². The summed E-state index contributed by atoms with van der Waals surface area (Å²) in [6.45, 7) is 4.34. The molecule has 0 aliphatic heterocycles. The zero-order valence-corrected chi connectivity index (χ0v) is 6.07. The first-order chi connectivity index (χ1) is 4.34. The smallest absolute Gasteiger partial charge is 0.0176 e. The van der Waals surface area contributed by atoms with Crippen molar-refractivity contribution >= 4 is 0 Å². The SMILES string of the molecule is CCCc1[nH]ccc1C. The third-order valence-electron chi connectivity index (χ3n) is 1.57. The molecule has 0 saturated carbocycles. The number of aromatic amines is 1. The predicted molar refractivity (Wildman–Crippen MR) is 39.5 cm³/mol. The standard InChI is InChI=1S/C8H13N/c1-3-4-8-7(2)5-6-9-8/h5-6,9H,3-4H2,1-2H3. The molecule has 0 radical (unpaired) electrons. The Morgan fingerprint density at radius 1 is 1.56 bits per heavy atom. The van der Waals surface area contributed by atoms with Gasteiger partial charge in [-0.2, -0.15) is 0 Å². The van der Waals surface area contributed by atoms with E-state index in [0.717, 1.165) is 0 Å². The van der Waals surface area contributed by atoms with Crippen molar-refractivity contribution in [1.82, 2.24) is 4.98 Å². The van der Waals surface area contributed by atoms with Gasteiger partial charge in [0.15, 0.2) is 0 Å². The van der Waals surface area contributed by atoms with E-state index in [1.54, 1.807) is 0 Å². The second-order valence-electron chi connectivity index (χ2n) is 2.39. The summed E-state index contributed by atoms with van der Waals surface area (Å²) in [6, 6.07) is 2.12. The molecule has 0 aliphatic carbocycles. The van der Waals surface area contributed by atoms with Crippen molar-refractivity contribution in [3.05, 3.63) is 23.5 Å². The molecule has 0 unspecified atom stereocenters. The Morgan fingerprint density at radius 2 is 2.33 bits per heavy atom. The Balaban J connectivity index is 2.69. The highest BCUT2D eigenvalue weighted by molar-refractivity contribution is 5.18. The molecule has 1 nitrogen and oxygen atoms in total. The van der Waals surface area contributed by atoms with Crippen LogP contribution in [0.2, 0.25) is 0 Å². The number of hydrogen-bond donors (Lipinski definition) is 1. The van der Waals surface area contributed by atoms with Crippen LogP contribution in [0.4, 0.5) is 0 Å². The first-order valence-corrected chi connectivity index (χ1v) is 3.47. The van der Waals surface area contributed by atoms with Gasteiger partial charge in [0.05, 0.1) is 0 Å². The van der Waals surface area contributed by atoms with Crippen LogP contribution in [0.5, 0.6) is 0 Å². The summed E-state index contributed by atoms with van der Waals surface area (Å²) in [5, 5.41) is 0. The summed E-state index contributed by atoms with van der Waals surface area (Å²) < 4.78 is 0. The van der Waals surface area contributed by atoms with Crippen molar-refractivity contribution in [2.24, 2.45) is 0 Å². The maximum absolute atomic E-state index is 3.21. The van der Waals surface area contributed by atoms with Crippen molar-refractivity contribution < 1.29 is 0 Å². The van der Waals surface area contributed by atoms with E-state index < -0.39 is 0 Å². The molecule has 0 spiro atoms. The van der Waals surface area contributed by atoms with Gasteiger partial charge in [0.2, 0.25) is 0 Å². The monoisotopic (exact) mass is 123 g/mol. The van der Waals surface area contributed by atoms with E-state index in [1.165, 1.54) is 24.1 Å². The lowest BCUT2D eigenvalue weighted by Crippen LogP contribution is -1.84. The van der Waals surface area contributed by atoms with E-state index in [0.29, 0.717) is 0 Å². The summed E-state index contributed by atoms with van der Waals surface area (Å²) >= 11 is 0. The van der Waals surface area contributed by atoms with Crippen LogP contribution in [0, 0.1) is 6.92 Å². The molecular weight excluding hydrogens is 110 g/mol. The molecule has 1 N–H and O–H groups in total. The molecule has 9 heavy (non-hydrogen) atoms. The Hall–Kier alpha value is -0.720. The van der Waals surface area contributed by atoms with Crippen LogP contribution in [-0.4, -0.2) is 4.98 Å². The number of aryl methyl sites for hydroxylation is 2. The fourth-order valence-electron chi connectivity index (χ4n) is 1.00. The highest BCUT2D eigenvalue weighted by Gasteiger charge is 1.94. The van der Waals surface area contributed by atoms with Crippen LogP contribution < -0.4 is 0 Å². The third kappa shape index (κ3) is 1.35. The zero-order chi connectivity index (χ0) is 6.69. The molecule has 0 aliphatic rings. The minimum Gasteiger partial charge on any atom is -0.365 e. The van der Waals surface area contributed by atoms with E-state index in [4.69, 9.17) is 0 Å². The van der Waals surface area contributed by atoms with Gasteiger partial charge in [-0.15, -0.1) is 0 Å². The molecule has 0 amide bonds. The Kier molecular flexibility index (Phi) is 1.93. The fourth-order valence-corrected chi connectivity index (χ4v) is 1.00. The van der Waals surface area contributed by atoms with Crippen molar-refractivity contribution in [1.29, 1.82) is 0 Å². The van der Waals surface area contributed by atoms with Crippen molar-refractivity contribution in [2.45, 2.75) is 26.7 Å². The molecule has 1 heteroatoms. The molecule has 1 rings (SSSR count). The Morgan fingerprint density at radius 3 is 2.78 bits per heavy atom. The van der Waals surface area contributed by atoms with Crippen molar-refractivity contribution in [2.75, 3.05) is 0 Å². The Bertz CT molecular complexity index is 176. The third-order valence-corrected chi connectivity index (χ3v) is 1.57. The van der Waals surface area contributed by atoms with E-state index in [-0.39, 0.29) is 0 Å². The van der Waals surface area contributed by atoms with Crippen molar-refractivity contribution in [3.8, 4) is 0 Å². The molecule has 1 aromatic heterocycles. The number of nitrogens with one attached hydrogen (secondary N) is 1. The summed E-state index contributed by atoms with van der Waals surface area (Å²) in [5.41, 5.74) is 2.77. The van der Waals surface area contributed by atoms with Crippen LogP contribution in [0.25, 0.3) is 0 Å². The molecular formula is C8H13N. The van der Waals surface area contributed by atoms with Gasteiger partial charge in [-0.05, 0) is 25.0 Å². The van der Waals surface area contributed by atoms with Gasteiger partial charge in [0.1, 0.15) is 0 Å². The summed E-state index contributed by atoms with van der Waals surface area (Å²) in [5.74, 6) is 0. The van der Waals surface area contributed by atoms with Crippen molar-refractivity contribution in [3.63, 3.8) is 0 Å². The molecule has 0 atom stereocenters. The highest BCUT2D eigenvalue weighted by atomic mass is 14.7. The largest absolute Gasteiger partial charge is 0.365 e. The summed E-state index contributed by atoms with van der Waals surface area (Å²) in [6.07, 6.45) is 4.40. The van der Waals surface area contributed by atoms with E-state index in [2.05, 4.69) is 24.9 Å². The molecule has 1 heterocycles. The first kappa shape index (κ1) is 6.40. The quantitative estimate of drug-likeness (QED) is 0.621. The van der Waals surface area contributed by atoms with Gasteiger partial charge < -0.3 is 4.98 Å². The second-order valence-corrected chi connectivity index (χ2v) is 2.39. The second kappa shape index (κ2) is 2.72. The average molecular weight is 123 g/mol. The molecule has 0 bridgehead atoms. The number of aromatic nitrogens is 1. The molecule has 1 aromatic rings. The molecule has 0 fully saturated rings. The average Bonchev–Trinajstić information content (AvgIpc) is 2.18. The maximum atomic E-state index is 3.21. The van der Waals surface area contributed by atoms with E-state index in [1.807, 2.05) is 6.20 Å². The predicted octanol–water partition coefficient (Wildman–Crippen LogP) is 2.28. The number of rotatable bonds is 2. The highest BCUT2D eigenvalue weighted by Crippen LogP contribution is 2.05. The number of hydrogen-bond acceptors (Lipinski definition) is 0. The van der Waals surface area contributed by atoms with Crippen LogP contribution >= 0.6 is 0 Å². The van der Waals surface area contributed by atoms with Gasteiger partial charge in [-0.25, -0.2) is 0 Å². The van der Waals surface area contributed by atoms with Crippen LogP contribution in [0.3, 0.4) is 0 Å². The lowest BCUT2D eigenvalue weighted by Gasteiger charge is -1.93. The van der Waals surface area contributed by atoms with E-state index in [9.17, 15) is 0 Å². The lowest BCUT2D eigenvalue weighted by atomic mass is 10.2. The van der Waals surface area contributed by atoms with Gasteiger partial charge in [0.25, 0.3) is 0 Å². The van der Waals surface area contributed by atoms with Gasteiger partial charge in [0, 0.05) is 11.9 Å². The molecule has 0 aromatic carbocycles. The van der Waals surface area contributed by atoms with Gasteiger partial charge in [-0.3, -0.25) is 0 Å². The topological polar surface area (TPSA) is 15.8 Å². The van der Waals surface area contributed by atoms with Gasteiger partial charge in [-0.1, -0.05) is 13.3 Å². The van der Waals surface area contributed by atoms with Crippen LogP contribution in [-0.2, 0) is 6.42 Å². The van der Waals surface area contributed by atoms with Crippen LogP contribution in [0.15, 0.2) is 12.3 Å². The van der Waals surface area contributed by atoms with Crippen LogP contribution in [0.1, 0.15) is 24.6 Å². The zero-order valence-electron chi connectivity index (χ0n) is 6.07. The maximum Gasteiger partial charge on any atom is 0.0176 e. The number of H-pyrrole nitrogens is 1. The summed E-state index contributed by atoms with van der Waals surface area (Å²) in [7, 11) is 0. The normalized spacial score (nSPS) is 10.0. The lowest BCUT2D eigenvalue weighted by molar-refractivity contribution is 0.884. The van der Waals surface area contributed by atoms with E-state index >= 15 is 0 Å². The first-order valence-electron chi connectivity index (χ1n) is 3.47.